The number of carbonyl (C=O) groups is 2. The molecule has 0 aromatic carbocycles. The molecule has 1 saturated heterocycles. The van der Waals surface area contributed by atoms with E-state index in [4.69, 9.17) is 4.74 Å². The molecule has 0 radical (unpaired) electrons. The highest BCUT2D eigenvalue weighted by molar-refractivity contribution is 5.86. The van der Waals surface area contributed by atoms with Gasteiger partial charge in [0.25, 0.3) is 0 Å². The van der Waals surface area contributed by atoms with Crippen molar-refractivity contribution in [2.45, 2.75) is 39.3 Å². The van der Waals surface area contributed by atoms with E-state index >= 15 is 0 Å². The van der Waals surface area contributed by atoms with Gasteiger partial charge in [-0.05, 0) is 27.7 Å². The van der Waals surface area contributed by atoms with E-state index in [2.05, 4.69) is 10.6 Å². The van der Waals surface area contributed by atoms with Crippen molar-refractivity contribution in [1.82, 2.24) is 10.6 Å². The van der Waals surface area contributed by atoms with Crippen LogP contribution in [0.1, 0.15) is 27.7 Å². The maximum atomic E-state index is 11.3. The predicted molar refractivity (Wildman–Crippen MR) is 55.3 cm³/mol. The molecule has 0 aliphatic carbocycles. The molecule has 1 rings (SSSR count). The highest BCUT2D eigenvalue weighted by Gasteiger charge is 2.35. The molecule has 15 heavy (non-hydrogen) atoms. The van der Waals surface area contributed by atoms with Gasteiger partial charge in [0.2, 0.25) is 5.91 Å². The first-order valence-corrected chi connectivity index (χ1v) is 5.07. The lowest BCUT2D eigenvalue weighted by molar-refractivity contribution is -0.134. The summed E-state index contributed by atoms with van der Waals surface area (Å²) < 4.78 is 5.05. The second-order valence-electron chi connectivity index (χ2n) is 4.79. The second kappa shape index (κ2) is 4.08. The molecule has 1 aliphatic heterocycles. The molecule has 1 fully saturated rings. The Bertz CT molecular complexity index is 270. The second-order valence-corrected chi connectivity index (χ2v) is 4.79. The fourth-order valence-corrected chi connectivity index (χ4v) is 1.34. The molecule has 0 bridgehead atoms. The highest BCUT2D eigenvalue weighted by atomic mass is 16.6. The van der Waals surface area contributed by atoms with Crippen LogP contribution in [0.5, 0.6) is 0 Å². The van der Waals surface area contributed by atoms with Crippen LogP contribution in [0.15, 0.2) is 0 Å². The molecule has 2 atom stereocenters. The van der Waals surface area contributed by atoms with Gasteiger partial charge in [-0.1, -0.05) is 0 Å². The van der Waals surface area contributed by atoms with Gasteiger partial charge in [0.15, 0.2) is 0 Å². The van der Waals surface area contributed by atoms with Crippen LogP contribution in [-0.4, -0.2) is 30.2 Å². The van der Waals surface area contributed by atoms with Crippen LogP contribution in [0.25, 0.3) is 0 Å². The fraction of sp³-hybridized carbons (Fsp3) is 0.800. The van der Waals surface area contributed by atoms with Crippen molar-refractivity contribution in [2.75, 3.05) is 6.54 Å². The molecule has 0 aromatic rings. The van der Waals surface area contributed by atoms with Crippen molar-refractivity contribution in [3.05, 3.63) is 0 Å². The van der Waals surface area contributed by atoms with Gasteiger partial charge in [-0.2, -0.15) is 0 Å². The van der Waals surface area contributed by atoms with E-state index in [-0.39, 0.29) is 17.9 Å². The Hall–Kier alpha value is -1.26. The zero-order chi connectivity index (χ0) is 11.6. The van der Waals surface area contributed by atoms with E-state index in [0.29, 0.717) is 6.54 Å². The van der Waals surface area contributed by atoms with Gasteiger partial charge >= 0.3 is 6.09 Å². The van der Waals surface area contributed by atoms with Gasteiger partial charge in [0.05, 0.1) is 5.92 Å². The molecule has 1 heterocycles. The third kappa shape index (κ3) is 3.42. The molecule has 2 N–H and O–H groups in total. The number of β-lactam (4-membered cyclic amide) rings is 1. The first-order chi connectivity index (χ1) is 6.79. The van der Waals surface area contributed by atoms with Crippen LogP contribution in [0.4, 0.5) is 4.79 Å². The van der Waals surface area contributed by atoms with Gasteiger partial charge in [-0.15, -0.1) is 0 Å². The van der Waals surface area contributed by atoms with Crippen LogP contribution in [0.3, 0.4) is 0 Å². The monoisotopic (exact) mass is 214 g/mol. The summed E-state index contributed by atoms with van der Waals surface area (Å²) >= 11 is 0. The average molecular weight is 214 g/mol. The van der Waals surface area contributed by atoms with Gasteiger partial charge in [0.1, 0.15) is 5.60 Å². The summed E-state index contributed by atoms with van der Waals surface area (Å²) in [5.41, 5.74) is -0.502. The quantitative estimate of drug-likeness (QED) is 0.663. The SMILES string of the molecule is C[C@@H]1NC(=O)[C@H]1CNC(=O)OC(C)(C)C. The number of amides is 2. The lowest BCUT2D eigenvalue weighted by atomic mass is 9.92. The third-order valence-corrected chi connectivity index (χ3v) is 2.18. The van der Waals surface area contributed by atoms with Gasteiger partial charge in [-0.25, -0.2) is 4.79 Å². The number of hydrogen-bond donors (Lipinski definition) is 2. The molecule has 0 unspecified atom stereocenters. The standard InChI is InChI=1S/C10H18N2O3/c1-6-7(8(13)12-6)5-11-9(14)15-10(2,3)4/h6-7H,5H2,1-4H3,(H,11,14)(H,12,13)/t6-,7-/m0/s1. The van der Waals surface area contributed by atoms with E-state index in [1.54, 1.807) is 20.8 Å². The highest BCUT2D eigenvalue weighted by Crippen LogP contribution is 2.13. The van der Waals surface area contributed by atoms with Crippen molar-refractivity contribution >= 4 is 12.0 Å². The van der Waals surface area contributed by atoms with Crippen molar-refractivity contribution in [1.29, 1.82) is 0 Å². The number of rotatable bonds is 2. The van der Waals surface area contributed by atoms with Crippen molar-refractivity contribution in [3.8, 4) is 0 Å². The van der Waals surface area contributed by atoms with Crippen molar-refractivity contribution in [2.24, 2.45) is 5.92 Å². The van der Waals surface area contributed by atoms with Crippen LogP contribution in [-0.2, 0) is 9.53 Å². The molecule has 0 saturated carbocycles. The number of carbonyl (C=O) groups excluding carboxylic acids is 2. The summed E-state index contributed by atoms with van der Waals surface area (Å²) in [7, 11) is 0. The maximum Gasteiger partial charge on any atom is 0.407 e. The van der Waals surface area contributed by atoms with Gasteiger partial charge < -0.3 is 15.4 Å². The number of hydrogen-bond acceptors (Lipinski definition) is 3. The normalized spacial score (nSPS) is 25.2. The summed E-state index contributed by atoms with van der Waals surface area (Å²) in [4.78, 5) is 22.3. The van der Waals surface area contributed by atoms with Crippen LogP contribution >= 0.6 is 0 Å². The van der Waals surface area contributed by atoms with E-state index < -0.39 is 11.7 Å². The van der Waals surface area contributed by atoms with Crippen LogP contribution < -0.4 is 10.6 Å². The van der Waals surface area contributed by atoms with E-state index in [1.807, 2.05) is 6.92 Å². The lowest BCUT2D eigenvalue weighted by Gasteiger charge is -2.34. The molecule has 1 aliphatic rings. The van der Waals surface area contributed by atoms with E-state index in [0.717, 1.165) is 0 Å². The maximum absolute atomic E-state index is 11.3. The molecular formula is C10H18N2O3. The zero-order valence-corrected chi connectivity index (χ0v) is 9.59. The van der Waals surface area contributed by atoms with E-state index in [9.17, 15) is 9.59 Å². The summed E-state index contributed by atoms with van der Waals surface area (Å²) in [6.45, 7) is 7.63. The fourth-order valence-electron chi connectivity index (χ4n) is 1.34. The molecule has 0 spiro atoms. The number of nitrogens with one attached hydrogen (secondary N) is 2. The Morgan fingerprint density at radius 3 is 2.53 bits per heavy atom. The Morgan fingerprint density at radius 1 is 1.53 bits per heavy atom. The Labute approximate surface area is 89.6 Å². The van der Waals surface area contributed by atoms with Crippen molar-refractivity contribution in [3.63, 3.8) is 0 Å². The molecule has 0 aromatic heterocycles. The number of alkyl carbamates (subject to hydrolysis) is 1. The summed E-state index contributed by atoms with van der Waals surface area (Å²) in [5.74, 6) is -0.143. The lowest BCUT2D eigenvalue weighted by Crippen LogP contribution is -2.60. The Balaban J connectivity index is 2.25. The minimum atomic E-state index is -0.502. The average Bonchev–Trinajstić information content (AvgIpc) is 2.00. The molecule has 2 amide bonds. The Kier molecular flexibility index (Phi) is 3.21. The summed E-state index contributed by atoms with van der Waals surface area (Å²) in [6, 6.07) is 0.132. The molecule has 86 valence electrons. The predicted octanol–water partition coefficient (Wildman–Crippen LogP) is 0.646. The third-order valence-electron chi connectivity index (χ3n) is 2.18. The van der Waals surface area contributed by atoms with Crippen LogP contribution in [0, 0.1) is 5.92 Å². The van der Waals surface area contributed by atoms with E-state index in [1.165, 1.54) is 0 Å². The van der Waals surface area contributed by atoms with Gasteiger partial charge in [-0.3, -0.25) is 4.79 Å². The number of ether oxygens (including phenoxy) is 1. The largest absolute Gasteiger partial charge is 0.444 e. The zero-order valence-electron chi connectivity index (χ0n) is 9.59. The van der Waals surface area contributed by atoms with Crippen LogP contribution in [0.2, 0.25) is 0 Å². The molecule has 5 nitrogen and oxygen atoms in total. The first kappa shape index (κ1) is 11.8. The Morgan fingerprint density at radius 2 is 2.13 bits per heavy atom. The molecule has 5 heteroatoms. The summed E-state index contributed by atoms with van der Waals surface area (Å²) in [6.07, 6.45) is -0.477. The van der Waals surface area contributed by atoms with Crippen molar-refractivity contribution < 1.29 is 14.3 Å². The first-order valence-electron chi connectivity index (χ1n) is 5.07. The minimum Gasteiger partial charge on any atom is -0.444 e. The smallest absolute Gasteiger partial charge is 0.407 e. The minimum absolute atomic E-state index is 0.0152. The molecular weight excluding hydrogens is 196 g/mol. The van der Waals surface area contributed by atoms with Gasteiger partial charge in [0, 0.05) is 12.6 Å². The topological polar surface area (TPSA) is 67.4 Å². The summed E-state index contributed by atoms with van der Waals surface area (Å²) in [5, 5.41) is 5.28.